The predicted octanol–water partition coefficient (Wildman–Crippen LogP) is 1.66. The van der Waals surface area contributed by atoms with Gasteiger partial charge in [-0.2, -0.15) is 0 Å². The Morgan fingerprint density at radius 1 is 1.09 bits per heavy atom. The van der Waals surface area contributed by atoms with Crippen molar-refractivity contribution in [2.45, 2.75) is 32.4 Å². The van der Waals surface area contributed by atoms with Crippen molar-refractivity contribution in [3.8, 4) is 0 Å². The van der Waals surface area contributed by atoms with Gasteiger partial charge in [0, 0.05) is 19.6 Å². The van der Waals surface area contributed by atoms with E-state index in [0.717, 1.165) is 5.56 Å². The van der Waals surface area contributed by atoms with E-state index < -0.39 is 6.04 Å². The Balaban J connectivity index is 2.92. The Bertz CT molecular complexity index is 506. The number of nitrogens with zero attached hydrogens (tertiary/aromatic N) is 2. The van der Waals surface area contributed by atoms with Crippen LogP contribution in [0.5, 0.6) is 0 Å². The van der Waals surface area contributed by atoms with Gasteiger partial charge in [0.15, 0.2) is 0 Å². The summed E-state index contributed by atoms with van der Waals surface area (Å²) in [5, 5.41) is 2.92. The maximum absolute atomic E-state index is 12.5. The lowest BCUT2D eigenvalue weighted by atomic mass is 10.0. The van der Waals surface area contributed by atoms with Crippen molar-refractivity contribution in [2.75, 3.05) is 27.7 Å². The largest absolute Gasteiger partial charge is 0.350 e. The number of nitrogens with one attached hydrogen (secondary N) is 1. The molecular weight excluding hydrogens is 278 g/mol. The van der Waals surface area contributed by atoms with Gasteiger partial charge in [0.2, 0.25) is 11.8 Å². The van der Waals surface area contributed by atoms with E-state index >= 15 is 0 Å². The minimum absolute atomic E-state index is 0.0442. The Labute approximate surface area is 133 Å². The summed E-state index contributed by atoms with van der Waals surface area (Å²) in [6.45, 7) is 5.97. The lowest BCUT2D eigenvalue weighted by molar-refractivity contribution is -0.135. The summed E-state index contributed by atoms with van der Waals surface area (Å²) in [5.74, 6) is -0.139. The molecule has 0 fully saturated rings. The van der Waals surface area contributed by atoms with Crippen molar-refractivity contribution in [3.05, 3.63) is 35.9 Å². The van der Waals surface area contributed by atoms with Crippen LogP contribution >= 0.6 is 0 Å². The van der Waals surface area contributed by atoms with Crippen LogP contribution in [0, 0.1) is 0 Å². The summed E-state index contributed by atoms with van der Waals surface area (Å²) in [7, 11) is 5.24. The van der Waals surface area contributed by atoms with Crippen molar-refractivity contribution in [2.24, 2.45) is 0 Å². The molecule has 0 saturated heterocycles. The molecule has 2 amide bonds. The van der Waals surface area contributed by atoms with Gasteiger partial charge in [-0.3, -0.25) is 14.5 Å². The molecule has 0 unspecified atom stereocenters. The van der Waals surface area contributed by atoms with Gasteiger partial charge in [0.05, 0.1) is 6.54 Å². The summed E-state index contributed by atoms with van der Waals surface area (Å²) >= 11 is 0. The van der Waals surface area contributed by atoms with Crippen LogP contribution in [0.15, 0.2) is 30.3 Å². The van der Waals surface area contributed by atoms with E-state index in [2.05, 4.69) is 5.32 Å². The highest BCUT2D eigenvalue weighted by Crippen LogP contribution is 2.21. The summed E-state index contributed by atoms with van der Waals surface area (Å²) in [6.07, 6.45) is 0. The summed E-state index contributed by atoms with van der Waals surface area (Å²) in [5.41, 5.74) is 0.596. The SMILES string of the molecule is CN(C)C(=O)[C@@H](c1ccccc1)N(C)CC(=O)NC(C)(C)C. The van der Waals surface area contributed by atoms with Crippen molar-refractivity contribution < 1.29 is 9.59 Å². The molecule has 5 heteroatoms. The molecular formula is C17H27N3O2. The first-order chi connectivity index (χ1) is 10.1. The monoisotopic (exact) mass is 305 g/mol. The van der Waals surface area contributed by atoms with Crippen LogP contribution in [0.25, 0.3) is 0 Å². The number of hydrogen-bond donors (Lipinski definition) is 1. The molecule has 0 aromatic heterocycles. The molecule has 0 bridgehead atoms. The van der Waals surface area contributed by atoms with Gasteiger partial charge in [-0.15, -0.1) is 0 Å². The molecule has 22 heavy (non-hydrogen) atoms. The first kappa shape index (κ1) is 18.2. The number of hydrogen-bond acceptors (Lipinski definition) is 3. The van der Waals surface area contributed by atoms with Crippen LogP contribution in [-0.2, 0) is 9.59 Å². The highest BCUT2D eigenvalue weighted by Gasteiger charge is 2.28. The zero-order valence-corrected chi connectivity index (χ0v) is 14.4. The van der Waals surface area contributed by atoms with E-state index in [1.165, 1.54) is 0 Å². The normalized spacial score (nSPS) is 12.9. The third-order valence-corrected chi connectivity index (χ3v) is 3.14. The second-order valence-corrected chi connectivity index (χ2v) is 6.76. The molecule has 122 valence electrons. The van der Waals surface area contributed by atoms with Gasteiger partial charge < -0.3 is 10.2 Å². The van der Waals surface area contributed by atoms with Crippen molar-refractivity contribution >= 4 is 11.8 Å². The zero-order valence-electron chi connectivity index (χ0n) is 14.4. The molecule has 1 aromatic rings. The average molecular weight is 305 g/mol. The lowest BCUT2D eigenvalue weighted by Crippen LogP contribution is -2.47. The Morgan fingerprint density at radius 3 is 2.09 bits per heavy atom. The number of amides is 2. The van der Waals surface area contributed by atoms with E-state index in [4.69, 9.17) is 0 Å². The minimum atomic E-state index is -0.470. The van der Waals surface area contributed by atoms with Gasteiger partial charge in [0.1, 0.15) is 6.04 Å². The average Bonchev–Trinajstić information content (AvgIpc) is 2.37. The van der Waals surface area contributed by atoms with Gasteiger partial charge in [-0.05, 0) is 33.4 Å². The van der Waals surface area contributed by atoms with Crippen LogP contribution in [0.4, 0.5) is 0 Å². The van der Waals surface area contributed by atoms with Crippen molar-refractivity contribution in [1.29, 1.82) is 0 Å². The molecule has 5 nitrogen and oxygen atoms in total. The van der Waals surface area contributed by atoms with Crippen molar-refractivity contribution in [1.82, 2.24) is 15.1 Å². The quantitative estimate of drug-likeness (QED) is 0.900. The van der Waals surface area contributed by atoms with Gasteiger partial charge in [0.25, 0.3) is 0 Å². The topological polar surface area (TPSA) is 52.7 Å². The summed E-state index contributed by atoms with van der Waals surface area (Å²) < 4.78 is 0. The first-order valence-corrected chi connectivity index (χ1v) is 7.39. The van der Waals surface area contributed by atoms with E-state index in [1.54, 1.807) is 30.9 Å². The molecule has 0 saturated carbocycles. The number of carbonyl (C=O) groups excluding carboxylic acids is 2. The standard InChI is InChI=1S/C17H27N3O2/c1-17(2,3)18-14(21)12-20(6)15(16(22)19(4)5)13-10-8-7-9-11-13/h7-11,15H,12H2,1-6H3,(H,18,21)/t15-/m1/s1. The third kappa shape index (κ3) is 5.48. The van der Waals surface area contributed by atoms with Crippen LogP contribution in [0.1, 0.15) is 32.4 Å². The maximum atomic E-state index is 12.5. The molecule has 0 aliphatic heterocycles. The molecule has 1 atom stereocenters. The van der Waals surface area contributed by atoms with Gasteiger partial charge in [-0.1, -0.05) is 30.3 Å². The number of likely N-dealkylation sites (N-methyl/N-ethyl adjacent to an activating group) is 2. The second kappa shape index (κ2) is 7.40. The van der Waals surface area contributed by atoms with Gasteiger partial charge in [-0.25, -0.2) is 0 Å². The number of carbonyl (C=O) groups is 2. The van der Waals surface area contributed by atoms with Gasteiger partial charge >= 0.3 is 0 Å². The third-order valence-electron chi connectivity index (χ3n) is 3.14. The highest BCUT2D eigenvalue weighted by atomic mass is 16.2. The zero-order chi connectivity index (χ0) is 16.9. The van der Waals surface area contributed by atoms with Crippen LogP contribution in [0.2, 0.25) is 0 Å². The molecule has 0 aliphatic carbocycles. The molecule has 1 rings (SSSR count). The highest BCUT2D eigenvalue weighted by molar-refractivity contribution is 5.84. The molecule has 0 radical (unpaired) electrons. The number of rotatable bonds is 5. The lowest BCUT2D eigenvalue weighted by Gasteiger charge is -2.30. The van der Waals surface area contributed by atoms with Crippen LogP contribution in [-0.4, -0.2) is 54.8 Å². The van der Waals surface area contributed by atoms with E-state index in [9.17, 15) is 9.59 Å². The Kier molecular flexibility index (Phi) is 6.11. The summed E-state index contributed by atoms with van der Waals surface area (Å²) in [4.78, 5) is 28.0. The fraction of sp³-hybridized carbons (Fsp3) is 0.529. The maximum Gasteiger partial charge on any atom is 0.244 e. The molecule has 1 N–H and O–H groups in total. The van der Waals surface area contributed by atoms with E-state index in [-0.39, 0.29) is 23.9 Å². The molecule has 0 aliphatic rings. The van der Waals surface area contributed by atoms with Crippen LogP contribution in [0.3, 0.4) is 0 Å². The fourth-order valence-electron chi connectivity index (χ4n) is 2.24. The Morgan fingerprint density at radius 2 is 1.64 bits per heavy atom. The Hall–Kier alpha value is -1.88. The fourth-order valence-corrected chi connectivity index (χ4v) is 2.24. The van der Waals surface area contributed by atoms with Crippen molar-refractivity contribution in [3.63, 3.8) is 0 Å². The van der Waals surface area contributed by atoms with Crippen LogP contribution < -0.4 is 5.32 Å². The molecule has 1 aromatic carbocycles. The smallest absolute Gasteiger partial charge is 0.244 e. The van der Waals surface area contributed by atoms with E-state index in [0.29, 0.717) is 0 Å². The number of benzene rings is 1. The first-order valence-electron chi connectivity index (χ1n) is 7.39. The molecule has 0 spiro atoms. The predicted molar refractivity (Wildman–Crippen MR) is 88.4 cm³/mol. The van der Waals surface area contributed by atoms with E-state index in [1.807, 2.05) is 51.1 Å². The molecule has 0 heterocycles. The second-order valence-electron chi connectivity index (χ2n) is 6.76. The minimum Gasteiger partial charge on any atom is -0.350 e. The summed E-state index contributed by atoms with van der Waals surface area (Å²) in [6, 6.07) is 9.05.